The number of anilines is 2. The van der Waals surface area contributed by atoms with Gasteiger partial charge in [-0.3, -0.25) is 9.69 Å². The topological polar surface area (TPSA) is 100 Å². The first-order valence-corrected chi connectivity index (χ1v) is 9.22. The van der Waals surface area contributed by atoms with E-state index in [0.29, 0.717) is 30.9 Å². The molecule has 1 aromatic carbocycles. The molecule has 0 aliphatic carbocycles. The molecule has 0 spiro atoms. The van der Waals surface area contributed by atoms with Crippen LogP contribution in [0.5, 0.6) is 0 Å². The lowest BCUT2D eigenvalue weighted by molar-refractivity contribution is -0.113. The Morgan fingerprint density at radius 3 is 2.64 bits per heavy atom. The Morgan fingerprint density at radius 2 is 2.07 bits per heavy atom. The van der Waals surface area contributed by atoms with E-state index in [-0.39, 0.29) is 18.1 Å². The summed E-state index contributed by atoms with van der Waals surface area (Å²) in [7, 11) is 0. The first-order valence-electron chi connectivity index (χ1n) is 8.69. The normalized spacial score (nSPS) is 10.5. The zero-order valence-electron chi connectivity index (χ0n) is 16.3. The van der Waals surface area contributed by atoms with Gasteiger partial charge in [0.15, 0.2) is 0 Å². The zero-order valence-corrected chi connectivity index (χ0v) is 17.0. The van der Waals surface area contributed by atoms with Crippen molar-refractivity contribution in [1.82, 2.24) is 4.90 Å². The van der Waals surface area contributed by atoms with Crippen molar-refractivity contribution < 1.29 is 14.3 Å². The molecule has 28 heavy (non-hydrogen) atoms. The third kappa shape index (κ3) is 7.84. The smallest absolute Gasteiger partial charge is 0.411 e. The fourth-order valence-electron chi connectivity index (χ4n) is 2.24. The van der Waals surface area contributed by atoms with Crippen molar-refractivity contribution in [2.45, 2.75) is 32.8 Å². The van der Waals surface area contributed by atoms with Gasteiger partial charge in [0.1, 0.15) is 17.2 Å². The summed E-state index contributed by atoms with van der Waals surface area (Å²) in [5.74, 6) is 1.82. The number of para-hydroxylation sites is 1. The summed E-state index contributed by atoms with van der Waals surface area (Å²) in [5.41, 5.74) is 0.318. The molecule has 0 aliphatic heterocycles. The van der Waals surface area contributed by atoms with Gasteiger partial charge in [-0.15, -0.1) is 22.9 Å². The summed E-state index contributed by atoms with van der Waals surface area (Å²) in [6.45, 7) is 6.21. The lowest BCUT2D eigenvalue weighted by atomic mass is 10.2. The highest BCUT2D eigenvalue weighted by Gasteiger charge is 2.21. The van der Waals surface area contributed by atoms with Gasteiger partial charge in [0.05, 0.1) is 17.9 Å². The highest BCUT2D eigenvalue weighted by atomic mass is 35.5. The summed E-state index contributed by atoms with van der Waals surface area (Å²) in [6, 6.07) is 4.76. The number of nitrogens with one attached hydrogen (secondary N) is 2. The number of rotatable bonds is 9. The van der Waals surface area contributed by atoms with Crippen LogP contribution in [0.4, 0.5) is 21.9 Å². The molecule has 0 unspecified atom stereocenters. The van der Waals surface area contributed by atoms with Gasteiger partial charge in [0.2, 0.25) is 5.91 Å². The minimum atomic E-state index is -0.619. The van der Waals surface area contributed by atoms with E-state index in [1.165, 1.54) is 11.0 Å². The van der Waals surface area contributed by atoms with Gasteiger partial charge < -0.3 is 15.4 Å². The van der Waals surface area contributed by atoms with Crippen LogP contribution in [0.3, 0.4) is 0 Å². The van der Waals surface area contributed by atoms with Crippen molar-refractivity contribution in [3.63, 3.8) is 0 Å². The molecule has 0 saturated heterocycles. The Morgan fingerprint density at radius 1 is 1.36 bits per heavy atom. The first-order chi connectivity index (χ1) is 13.2. The van der Waals surface area contributed by atoms with Crippen molar-refractivity contribution in [3.05, 3.63) is 23.1 Å². The highest BCUT2D eigenvalue weighted by Crippen LogP contribution is 2.32. The average Bonchev–Trinajstić information content (AvgIpc) is 2.63. The molecule has 0 aromatic heterocycles. The number of hydrogen-bond acceptors (Lipinski definition) is 6. The molecule has 0 aliphatic rings. The number of nitroso groups, excluding NO2 is 1. The summed E-state index contributed by atoms with van der Waals surface area (Å²) < 4.78 is 5.33. The predicted molar refractivity (Wildman–Crippen MR) is 111 cm³/mol. The van der Waals surface area contributed by atoms with Crippen molar-refractivity contribution in [2.75, 3.05) is 36.1 Å². The number of amides is 2. The molecule has 1 rings (SSSR count). The van der Waals surface area contributed by atoms with Crippen molar-refractivity contribution in [2.24, 2.45) is 5.18 Å². The molecule has 9 heteroatoms. The van der Waals surface area contributed by atoms with Crippen LogP contribution in [-0.4, -0.2) is 48.0 Å². The third-order valence-corrected chi connectivity index (χ3v) is 3.62. The van der Waals surface area contributed by atoms with E-state index in [9.17, 15) is 14.5 Å². The molecule has 2 amide bonds. The monoisotopic (exact) mass is 408 g/mol. The second-order valence-electron chi connectivity index (χ2n) is 6.86. The minimum absolute atomic E-state index is 0.123. The summed E-state index contributed by atoms with van der Waals surface area (Å²) in [4.78, 5) is 36.2. The van der Waals surface area contributed by atoms with Crippen LogP contribution in [0.15, 0.2) is 23.4 Å². The van der Waals surface area contributed by atoms with Crippen LogP contribution in [0, 0.1) is 17.3 Å². The molecule has 0 heterocycles. The number of nitrogens with zero attached hydrogens (tertiary/aromatic N) is 2. The predicted octanol–water partition coefficient (Wildman–Crippen LogP) is 3.93. The number of halogens is 1. The second-order valence-corrected chi connectivity index (χ2v) is 7.13. The van der Waals surface area contributed by atoms with E-state index in [1.807, 2.05) is 0 Å². The third-order valence-electron chi connectivity index (χ3n) is 3.38. The fourth-order valence-corrected chi connectivity index (χ4v) is 2.31. The summed E-state index contributed by atoms with van der Waals surface area (Å²) >= 11 is 5.51. The molecule has 0 bridgehead atoms. The molecular formula is C19H25ClN4O4. The number of carbonyl (C=O) groups is 2. The molecule has 8 nitrogen and oxygen atoms in total. The van der Waals surface area contributed by atoms with Crippen molar-refractivity contribution >= 4 is 40.7 Å². The lowest BCUT2D eigenvalue weighted by Crippen LogP contribution is -2.38. The van der Waals surface area contributed by atoms with Crippen LogP contribution in [-0.2, 0) is 9.53 Å². The maximum absolute atomic E-state index is 12.2. The maximum atomic E-state index is 12.2. The molecule has 2 N–H and O–H groups in total. The van der Waals surface area contributed by atoms with Crippen molar-refractivity contribution in [3.8, 4) is 12.3 Å². The maximum Gasteiger partial charge on any atom is 0.411 e. The van der Waals surface area contributed by atoms with Crippen LogP contribution >= 0.6 is 11.6 Å². The number of alkyl halides is 1. The zero-order chi connectivity index (χ0) is 21.2. The minimum Gasteiger partial charge on any atom is -0.444 e. The van der Waals surface area contributed by atoms with Crippen LogP contribution in [0.1, 0.15) is 27.2 Å². The van der Waals surface area contributed by atoms with Gasteiger partial charge in [-0.05, 0) is 44.5 Å². The number of terminal acetylenes is 1. The van der Waals surface area contributed by atoms with Crippen LogP contribution < -0.4 is 10.6 Å². The number of hydrogen-bond donors (Lipinski definition) is 2. The van der Waals surface area contributed by atoms with E-state index < -0.39 is 17.6 Å². The summed E-state index contributed by atoms with van der Waals surface area (Å²) in [5, 5.41) is 8.64. The molecule has 152 valence electrons. The SMILES string of the molecule is C#CCN(CCCNc1c(N=O)cccc1NC(=O)CCl)C(=O)OC(C)(C)C. The Balaban J connectivity index is 2.73. The van der Waals surface area contributed by atoms with Crippen molar-refractivity contribution in [1.29, 1.82) is 0 Å². The van der Waals surface area contributed by atoms with Gasteiger partial charge >= 0.3 is 6.09 Å². The Kier molecular flexibility index (Phi) is 9.25. The summed E-state index contributed by atoms with van der Waals surface area (Å²) in [6.07, 6.45) is 5.36. The Bertz CT molecular complexity index is 740. The highest BCUT2D eigenvalue weighted by molar-refractivity contribution is 6.29. The molecule has 0 atom stereocenters. The number of benzene rings is 1. The molecule has 0 fully saturated rings. The molecule has 0 saturated carbocycles. The Hall–Kier alpha value is -2.79. The Labute approximate surface area is 169 Å². The quantitative estimate of drug-likeness (QED) is 0.279. The standard InChI is InChI=1S/C19H25ClN4O4/c1-5-11-24(18(26)28-19(2,3)4)12-7-10-21-17-14(22-16(25)13-20)8-6-9-15(17)23-27/h1,6,8-9,21H,7,10-13H2,2-4H3,(H,22,25). The van der Waals surface area contributed by atoms with Crippen LogP contribution in [0.25, 0.3) is 0 Å². The number of ether oxygens (including phenoxy) is 1. The first kappa shape index (κ1) is 23.2. The van der Waals surface area contributed by atoms with Gasteiger partial charge in [0.25, 0.3) is 0 Å². The molecular weight excluding hydrogens is 384 g/mol. The lowest BCUT2D eigenvalue weighted by Gasteiger charge is -2.26. The average molecular weight is 409 g/mol. The molecule has 0 radical (unpaired) electrons. The second kappa shape index (κ2) is 11.1. The van der Waals surface area contributed by atoms with E-state index in [4.69, 9.17) is 22.8 Å². The number of carbonyl (C=O) groups excluding carboxylic acids is 2. The van der Waals surface area contributed by atoms with E-state index in [1.54, 1.807) is 32.9 Å². The largest absolute Gasteiger partial charge is 0.444 e. The van der Waals surface area contributed by atoms with Gasteiger partial charge in [-0.1, -0.05) is 12.0 Å². The van der Waals surface area contributed by atoms with E-state index >= 15 is 0 Å². The van der Waals surface area contributed by atoms with Crippen LogP contribution in [0.2, 0.25) is 0 Å². The molecule has 1 aromatic rings. The van der Waals surface area contributed by atoms with Gasteiger partial charge in [-0.2, -0.15) is 0 Å². The fraction of sp³-hybridized carbons (Fsp3) is 0.474. The van der Waals surface area contributed by atoms with Gasteiger partial charge in [-0.25, -0.2) is 4.79 Å². The van der Waals surface area contributed by atoms with E-state index in [2.05, 4.69) is 21.7 Å². The van der Waals surface area contributed by atoms with Gasteiger partial charge in [0, 0.05) is 13.1 Å². The van der Waals surface area contributed by atoms with E-state index in [0.717, 1.165) is 0 Å².